The van der Waals surface area contributed by atoms with E-state index in [2.05, 4.69) is 169 Å². The molecule has 8 aromatic carbocycles. The zero-order chi connectivity index (χ0) is 32.3. The van der Waals surface area contributed by atoms with Crippen molar-refractivity contribution in [2.24, 2.45) is 0 Å². The fraction of sp³-hybridized carbons (Fsp3) is 0. The lowest BCUT2D eigenvalue weighted by Gasteiger charge is -2.26. The van der Waals surface area contributed by atoms with Crippen LogP contribution in [0.15, 0.2) is 180 Å². The third-order valence-electron chi connectivity index (χ3n) is 9.63. The summed E-state index contributed by atoms with van der Waals surface area (Å²) in [7, 11) is 0. The van der Waals surface area contributed by atoms with Crippen molar-refractivity contribution in [2.45, 2.75) is 0 Å². The number of rotatable bonds is 5. The predicted molar refractivity (Wildman–Crippen MR) is 210 cm³/mol. The SMILES string of the molecule is c1cc(-c2ccc3ccccc3c2)cc(N(c2cccc(-c3cccc4sc5ccccc5c34)c2)c2ccc3c(c2)oc2ccccc23)c1. The van der Waals surface area contributed by atoms with Gasteiger partial charge in [-0.3, -0.25) is 0 Å². The lowest BCUT2D eigenvalue weighted by molar-refractivity contribution is 0.669. The first kappa shape index (κ1) is 27.9. The summed E-state index contributed by atoms with van der Waals surface area (Å²) in [5.41, 5.74) is 9.78. The van der Waals surface area contributed by atoms with Gasteiger partial charge in [-0.25, -0.2) is 0 Å². The number of para-hydroxylation sites is 1. The fourth-order valence-electron chi connectivity index (χ4n) is 7.32. The van der Waals surface area contributed by atoms with Crippen LogP contribution in [0.3, 0.4) is 0 Å². The Balaban J connectivity index is 1.16. The van der Waals surface area contributed by atoms with Gasteiger partial charge in [0.15, 0.2) is 0 Å². The first-order valence-electron chi connectivity index (χ1n) is 16.6. The Kier molecular flexibility index (Phi) is 6.39. The van der Waals surface area contributed by atoms with Crippen LogP contribution < -0.4 is 4.90 Å². The molecule has 0 N–H and O–H groups in total. The summed E-state index contributed by atoms with van der Waals surface area (Å²) in [5, 5.41) is 7.35. The van der Waals surface area contributed by atoms with Crippen molar-refractivity contribution in [1.29, 1.82) is 0 Å². The Morgan fingerprint density at radius 2 is 1.04 bits per heavy atom. The van der Waals surface area contributed by atoms with Crippen LogP contribution >= 0.6 is 11.3 Å². The molecule has 0 fully saturated rings. The zero-order valence-electron chi connectivity index (χ0n) is 26.5. The predicted octanol–water partition coefficient (Wildman–Crippen LogP) is 13.9. The van der Waals surface area contributed by atoms with E-state index in [0.29, 0.717) is 0 Å². The number of benzene rings is 8. The fourth-order valence-corrected chi connectivity index (χ4v) is 8.45. The van der Waals surface area contributed by atoms with Crippen molar-refractivity contribution in [3.63, 3.8) is 0 Å². The molecule has 0 amide bonds. The first-order valence-corrected chi connectivity index (χ1v) is 17.4. The van der Waals surface area contributed by atoms with Gasteiger partial charge < -0.3 is 9.32 Å². The highest BCUT2D eigenvalue weighted by molar-refractivity contribution is 7.25. The minimum atomic E-state index is 0.875. The van der Waals surface area contributed by atoms with Crippen molar-refractivity contribution >= 4 is 81.3 Å². The Bertz CT molecular complexity index is 2860. The minimum absolute atomic E-state index is 0.875. The number of furan rings is 1. The van der Waals surface area contributed by atoms with Gasteiger partial charge in [0.25, 0.3) is 0 Å². The van der Waals surface area contributed by atoms with Crippen LogP contribution in [0.1, 0.15) is 0 Å². The van der Waals surface area contributed by atoms with Crippen molar-refractivity contribution in [3.8, 4) is 22.3 Å². The van der Waals surface area contributed by atoms with Crippen molar-refractivity contribution in [2.75, 3.05) is 4.90 Å². The molecular weight excluding hydrogens is 615 g/mol. The summed E-state index contributed by atoms with van der Waals surface area (Å²) in [5.74, 6) is 0. The van der Waals surface area contributed by atoms with Crippen LogP contribution in [0, 0.1) is 0 Å². The maximum Gasteiger partial charge on any atom is 0.137 e. The van der Waals surface area contributed by atoms with E-state index in [9.17, 15) is 0 Å². The molecule has 2 nitrogen and oxygen atoms in total. The molecule has 0 aliphatic rings. The van der Waals surface area contributed by atoms with E-state index in [-0.39, 0.29) is 0 Å². The molecule has 0 saturated heterocycles. The monoisotopic (exact) mass is 643 g/mol. The van der Waals surface area contributed by atoms with Gasteiger partial charge in [0.1, 0.15) is 11.2 Å². The minimum Gasteiger partial charge on any atom is -0.456 e. The summed E-state index contributed by atoms with van der Waals surface area (Å²) in [4.78, 5) is 2.35. The Hall–Kier alpha value is -6.16. The molecule has 0 aliphatic carbocycles. The van der Waals surface area contributed by atoms with E-state index in [1.54, 1.807) is 0 Å². The van der Waals surface area contributed by atoms with Gasteiger partial charge in [0.05, 0.1) is 0 Å². The average Bonchev–Trinajstić information content (AvgIpc) is 3.73. The maximum atomic E-state index is 6.40. The number of hydrogen-bond acceptors (Lipinski definition) is 3. The second kappa shape index (κ2) is 11.2. The van der Waals surface area contributed by atoms with E-state index < -0.39 is 0 Å². The van der Waals surface area contributed by atoms with Gasteiger partial charge in [0.2, 0.25) is 0 Å². The summed E-state index contributed by atoms with van der Waals surface area (Å²) < 4.78 is 9.01. The molecule has 3 heteroatoms. The second-order valence-electron chi connectivity index (χ2n) is 12.6. The molecule has 0 saturated carbocycles. The van der Waals surface area contributed by atoms with Crippen molar-refractivity contribution in [1.82, 2.24) is 0 Å². The van der Waals surface area contributed by atoms with Gasteiger partial charge in [-0.1, -0.05) is 109 Å². The topological polar surface area (TPSA) is 16.4 Å². The van der Waals surface area contributed by atoms with Crippen molar-refractivity contribution in [3.05, 3.63) is 176 Å². The van der Waals surface area contributed by atoms with Crippen LogP contribution in [-0.4, -0.2) is 0 Å². The Morgan fingerprint density at radius 1 is 0.388 bits per heavy atom. The zero-order valence-corrected chi connectivity index (χ0v) is 27.3. The molecule has 2 heterocycles. The van der Waals surface area contributed by atoms with Gasteiger partial charge >= 0.3 is 0 Å². The van der Waals surface area contributed by atoms with Gasteiger partial charge in [-0.2, -0.15) is 0 Å². The molecule has 0 spiro atoms. The van der Waals surface area contributed by atoms with Crippen LogP contribution in [0.25, 0.3) is 75.1 Å². The van der Waals surface area contributed by atoms with Gasteiger partial charge in [-0.05, 0) is 93.7 Å². The molecule has 0 radical (unpaired) electrons. The summed E-state index contributed by atoms with van der Waals surface area (Å²) in [6.45, 7) is 0. The first-order chi connectivity index (χ1) is 24.3. The molecule has 49 heavy (non-hydrogen) atoms. The number of thiophene rings is 1. The van der Waals surface area contributed by atoms with Crippen LogP contribution in [0.2, 0.25) is 0 Å². The molecule has 2 aromatic heterocycles. The van der Waals surface area contributed by atoms with E-state index >= 15 is 0 Å². The standard InChI is InChI=1S/C46H29NOS/c1-2-11-31-26-33(23-22-30(31)10-1)32-12-7-14-35(27-32)47(37-24-25-40-39-16-3-5-19-42(39)48-43(40)29-37)36-15-8-13-34(28-36)38-18-9-21-45-46(38)41-17-4-6-20-44(41)49-45/h1-29H. The lowest BCUT2D eigenvalue weighted by Crippen LogP contribution is -2.10. The normalized spacial score (nSPS) is 11.7. The average molecular weight is 644 g/mol. The number of anilines is 3. The van der Waals surface area contributed by atoms with Crippen LogP contribution in [-0.2, 0) is 0 Å². The highest BCUT2D eigenvalue weighted by Gasteiger charge is 2.18. The van der Waals surface area contributed by atoms with Gasteiger partial charge in [0, 0.05) is 54.1 Å². The number of hydrogen-bond donors (Lipinski definition) is 0. The molecule has 0 atom stereocenters. The highest BCUT2D eigenvalue weighted by atomic mass is 32.1. The van der Waals surface area contributed by atoms with Crippen molar-refractivity contribution < 1.29 is 4.42 Å². The van der Waals surface area contributed by atoms with Gasteiger partial charge in [-0.15, -0.1) is 11.3 Å². The number of nitrogens with zero attached hydrogens (tertiary/aromatic N) is 1. The smallest absolute Gasteiger partial charge is 0.137 e. The summed E-state index contributed by atoms with van der Waals surface area (Å²) in [6.07, 6.45) is 0. The Labute approximate surface area is 287 Å². The largest absolute Gasteiger partial charge is 0.456 e. The van der Waals surface area contributed by atoms with E-state index in [4.69, 9.17) is 4.42 Å². The molecule has 230 valence electrons. The molecule has 10 rings (SSSR count). The second-order valence-corrected chi connectivity index (χ2v) is 13.6. The molecule has 0 bridgehead atoms. The third kappa shape index (κ3) is 4.70. The van der Waals surface area contributed by atoms with Crippen LogP contribution in [0.5, 0.6) is 0 Å². The summed E-state index contributed by atoms with van der Waals surface area (Å²) in [6, 6.07) is 63.3. The third-order valence-corrected chi connectivity index (χ3v) is 10.8. The lowest BCUT2D eigenvalue weighted by atomic mass is 9.98. The Morgan fingerprint density at radius 3 is 1.94 bits per heavy atom. The maximum absolute atomic E-state index is 6.40. The van der Waals surface area contributed by atoms with Crippen LogP contribution in [0.4, 0.5) is 17.1 Å². The highest BCUT2D eigenvalue weighted by Crippen LogP contribution is 2.43. The molecular formula is C46H29NOS. The molecule has 0 aliphatic heterocycles. The van der Waals surface area contributed by atoms with E-state index in [1.807, 2.05) is 23.5 Å². The molecule has 0 unspecified atom stereocenters. The van der Waals surface area contributed by atoms with E-state index in [0.717, 1.165) is 39.0 Å². The van der Waals surface area contributed by atoms with E-state index in [1.165, 1.54) is 53.2 Å². The summed E-state index contributed by atoms with van der Waals surface area (Å²) >= 11 is 1.86. The quantitative estimate of drug-likeness (QED) is 0.186. The molecule has 10 aromatic rings. The number of fused-ring (bicyclic) bond motifs is 7.